The monoisotopic (exact) mass is 530 g/mol. The summed E-state index contributed by atoms with van der Waals surface area (Å²) in [5, 5.41) is 21.4. The van der Waals surface area contributed by atoms with Crippen LogP contribution in [0.2, 0.25) is 0 Å². The number of aliphatic hydroxyl groups excluding tert-OH is 1. The number of aromatic nitrogens is 3. The lowest BCUT2D eigenvalue weighted by Gasteiger charge is -2.41. The molecule has 38 heavy (non-hydrogen) atoms. The van der Waals surface area contributed by atoms with Gasteiger partial charge in [0.1, 0.15) is 6.33 Å². The van der Waals surface area contributed by atoms with Crippen molar-refractivity contribution in [3.05, 3.63) is 107 Å². The molecule has 5 rings (SSSR count). The van der Waals surface area contributed by atoms with Gasteiger partial charge in [-0.2, -0.15) is 0 Å². The summed E-state index contributed by atoms with van der Waals surface area (Å²) in [4.78, 5) is 12.5. The molecule has 1 amide bonds. The Bertz CT molecular complexity index is 1350. The summed E-state index contributed by atoms with van der Waals surface area (Å²) in [6.07, 6.45) is 0.778. The van der Waals surface area contributed by atoms with E-state index in [4.69, 9.17) is 9.47 Å². The summed E-state index contributed by atoms with van der Waals surface area (Å²) >= 11 is 1.60. The molecule has 0 spiro atoms. The van der Waals surface area contributed by atoms with Gasteiger partial charge < -0.3 is 24.5 Å². The fourth-order valence-electron chi connectivity index (χ4n) is 4.39. The molecule has 9 heteroatoms. The van der Waals surface area contributed by atoms with Crippen molar-refractivity contribution in [1.29, 1.82) is 0 Å². The average molecular weight is 531 g/mol. The van der Waals surface area contributed by atoms with Gasteiger partial charge in [0, 0.05) is 35.5 Å². The van der Waals surface area contributed by atoms with E-state index in [-0.39, 0.29) is 30.6 Å². The molecule has 2 N–H and O–H groups in total. The number of rotatable bonds is 8. The fraction of sp³-hybridized carbons (Fsp3) is 0.276. The predicted octanol–water partition coefficient (Wildman–Crippen LogP) is 5.14. The maximum atomic E-state index is 12.5. The first-order valence-electron chi connectivity index (χ1n) is 12.5. The summed E-state index contributed by atoms with van der Waals surface area (Å²) in [5.41, 5.74) is 4.04. The molecule has 4 aromatic rings. The van der Waals surface area contributed by atoms with E-state index in [9.17, 15) is 9.90 Å². The van der Waals surface area contributed by atoms with Crippen LogP contribution in [0.1, 0.15) is 46.4 Å². The van der Waals surface area contributed by atoms with Crippen molar-refractivity contribution >= 4 is 23.4 Å². The predicted molar refractivity (Wildman–Crippen MR) is 146 cm³/mol. The molecular weight excluding hydrogens is 500 g/mol. The standard InChI is InChI=1S/C29H30N4O4S/c1-19-25(17-38-29-32-30-18-33(29)2)36-28(37-26(19)21-10-8-20(16-34)9-11-21)23-12-14-24(15-13-23)31-27(35)22-6-4-3-5-7-22/h3-15,18-19,25-26,28,34H,16-17H2,1-2H3,(H,31,35)/t19-,25+,26+,28+/m0/s1. The van der Waals surface area contributed by atoms with Crippen molar-refractivity contribution in [2.24, 2.45) is 13.0 Å². The number of aryl methyl sites for hydroxylation is 1. The number of nitrogens with zero attached hydrogens (tertiary/aromatic N) is 3. The van der Waals surface area contributed by atoms with Gasteiger partial charge in [-0.15, -0.1) is 10.2 Å². The van der Waals surface area contributed by atoms with E-state index in [1.54, 1.807) is 30.2 Å². The SMILES string of the molecule is C[C@H]1[C@@H](CSc2nncn2C)O[C@@H](c2ccc(NC(=O)c3ccccc3)cc2)O[C@H]1c1ccc(CO)cc1. The maximum absolute atomic E-state index is 12.5. The van der Waals surface area contributed by atoms with Gasteiger partial charge in [0.2, 0.25) is 0 Å². The number of nitrogens with one attached hydrogen (secondary N) is 1. The Hall–Kier alpha value is -3.50. The van der Waals surface area contributed by atoms with Crippen LogP contribution < -0.4 is 5.32 Å². The molecule has 2 heterocycles. The Kier molecular flexibility index (Phi) is 8.19. The van der Waals surface area contributed by atoms with E-state index in [2.05, 4.69) is 22.4 Å². The first-order valence-corrected chi connectivity index (χ1v) is 13.4. The third-order valence-electron chi connectivity index (χ3n) is 6.65. The van der Waals surface area contributed by atoms with Gasteiger partial charge in [-0.3, -0.25) is 4.79 Å². The quantitative estimate of drug-likeness (QED) is 0.304. The topological polar surface area (TPSA) is 98.5 Å². The third kappa shape index (κ3) is 5.97. The highest BCUT2D eigenvalue weighted by Crippen LogP contribution is 2.43. The number of thioether (sulfide) groups is 1. The Morgan fingerprint density at radius 1 is 1.00 bits per heavy atom. The third-order valence-corrected chi connectivity index (χ3v) is 7.77. The molecule has 1 aromatic heterocycles. The summed E-state index contributed by atoms with van der Waals surface area (Å²) in [6.45, 7) is 2.13. The second-order valence-corrected chi connectivity index (χ2v) is 10.3. The molecule has 1 fully saturated rings. The molecule has 0 aliphatic carbocycles. The van der Waals surface area contributed by atoms with Crippen molar-refractivity contribution in [2.45, 2.75) is 37.2 Å². The number of carbonyl (C=O) groups is 1. The summed E-state index contributed by atoms with van der Waals surface area (Å²) in [6, 6.07) is 24.5. The summed E-state index contributed by atoms with van der Waals surface area (Å²) in [7, 11) is 1.92. The van der Waals surface area contributed by atoms with Gasteiger partial charge in [0.25, 0.3) is 5.91 Å². The number of amides is 1. The van der Waals surface area contributed by atoms with E-state index in [1.807, 2.05) is 78.3 Å². The van der Waals surface area contributed by atoms with Crippen LogP contribution in [0.3, 0.4) is 0 Å². The molecule has 196 valence electrons. The molecule has 3 aromatic carbocycles. The largest absolute Gasteiger partial charge is 0.392 e. The minimum atomic E-state index is -0.585. The molecule has 0 saturated carbocycles. The number of hydrogen-bond acceptors (Lipinski definition) is 7. The van der Waals surface area contributed by atoms with Gasteiger partial charge >= 0.3 is 0 Å². The molecular formula is C29H30N4O4S. The van der Waals surface area contributed by atoms with Gasteiger partial charge in [-0.05, 0) is 35.4 Å². The van der Waals surface area contributed by atoms with Gasteiger partial charge in [-0.25, -0.2) is 0 Å². The van der Waals surface area contributed by atoms with Crippen LogP contribution in [-0.4, -0.2) is 37.6 Å². The summed E-state index contributed by atoms with van der Waals surface area (Å²) < 4.78 is 14.9. The van der Waals surface area contributed by atoms with E-state index < -0.39 is 6.29 Å². The normalized spacial score (nSPS) is 21.2. The Morgan fingerprint density at radius 3 is 2.37 bits per heavy atom. The number of anilines is 1. The zero-order chi connectivity index (χ0) is 26.5. The Balaban J connectivity index is 1.34. The van der Waals surface area contributed by atoms with Crippen molar-refractivity contribution in [1.82, 2.24) is 14.8 Å². The Labute approximate surface area is 226 Å². The number of aliphatic hydroxyl groups is 1. The van der Waals surface area contributed by atoms with Crippen LogP contribution in [0.4, 0.5) is 5.69 Å². The second-order valence-electron chi connectivity index (χ2n) is 9.30. The number of carbonyl (C=O) groups excluding carboxylic acids is 1. The lowest BCUT2D eigenvalue weighted by Crippen LogP contribution is -2.38. The fourth-order valence-corrected chi connectivity index (χ4v) is 5.44. The molecule has 0 unspecified atom stereocenters. The number of hydrogen-bond donors (Lipinski definition) is 2. The smallest absolute Gasteiger partial charge is 0.255 e. The molecule has 8 nitrogen and oxygen atoms in total. The van der Waals surface area contributed by atoms with Crippen LogP contribution in [-0.2, 0) is 23.1 Å². The summed E-state index contributed by atoms with van der Waals surface area (Å²) in [5.74, 6) is 0.588. The molecule has 1 saturated heterocycles. The highest BCUT2D eigenvalue weighted by molar-refractivity contribution is 7.99. The van der Waals surface area contributed by atoms with E-state index in [1.165, 1.54) is 0 Å². The van der Waals surface area contributed by atoms with Gasteiger partial charge in [0.15, 0.2) is 11.4 Å². The van der Waals surface area contributed by atoms with E-state index in [0.717, 1.165) is 21.8 Å². The van der Waals surface area contributed by atoms with E-state index >= 15 is 0 Å². The average Bonchev–Trinajstić information content (AvgIpc) is 3.38. The highest BCUT2D eigenvalue weighted by atomic mass is 32.2. The first-order chi connectivity index (χ1) is 18.5. The minimum Gasteiger partial charge on any atom is -0.392 e. The molecule has 1 aliphatic rings. The number of ether oxygens (including phenoxy) is 2. The molecule has 1 aliphatic heterocycles. The highest BCUT2D eigenvalue weighted by Gasteiger charge is 2.38. The van der Waals surface area contributed by atoms with Crippen LogP contribution in [0, 0.1) is 5.92 Å². The van der Waals surface area contributed by atoms with Crippen molar-refractivity contribution in [2.75, 3.05) is 11.1 Å². The Morgan fingerprint density at radius 2 is 1.71 bits per heavy atom. The van der Waals surface area contributed by atoms with E-state index in [0.29, 0.717) is 17.0 Å². The van der Waals surface area contributed by atoms with Gasteiger partial charge in [-0.1, -0.05) is 73.3 Å². The van der Waals surface area contributed by atoms with Crippen molar-refractivity contribution in [3.8, 4) is 0 Å². The lowest BCUT2D eigenvalue weighted by atomic mass is 9.91. The van der Waals surface area contributed by atoms with Crippen LogP contribution in [0.5, 0.6) is 0 Å². The van der Waals surface area contributed by atoms with Crippen molar-refractivity contribution < 1.29 is 19.4 Å². The molecule has 0 bridgehead atoms. The van der Waals surface area contributed by atoms with Crippen LogP contribution >= 0.6 is 11.8 Å². The van der Waals surface area contributed by atoms with Gasteiger partial charge in [0.05, 0.1) is 18.8 Å². The zero-order valence-electron chi connectivity index (χ0n) is 21.2. The second kappa shape index (κ2) is 11.9. The van der Waals surface area contributed by atoms with Crippen LogP contribution in [0.25, 0.3) is 0 Å². The van der Waals surface area contributed by atoms with Crippen LogP contribution in [0.15, 0.2) is 90.3 Å². The molecule has 4 atom stereocenters. The number of benzene rings is 3. The first kappa shape index (κ1) is 26.1. The zero-order valence-corrected chi connectivity index (χ0v) is 22.0. The lowest BCUT2D eigenvalue weighted by molar-refractivity contribution is -0.268. The maximum Gasteiger partial charge on any atom is 0.255 e. The minimum absolute atomic E-state index is 0.00276. The molecule has 0 radical (unpaired) electrons. The van der Waals surface area contributed by atoms with Crippen molar-refractivity contribution in [3.63, 3.8) is 0 Å².